The Labute approximate surface area is 117 Å². The van der Waals surface area contributed by atoms with Gasteiger partial charge in [0.25, 0.3) is 0 Å². The number of likely N-dealkylation sites (N-methyl/N-ethyl adjacent to an activating group) is 1. The Morgan fingerprint density at radius 1 is 1.40 bits per heavy atom. The van der Waals surface area contributed by atoms with E-state index in [1.165, 1.54) is 17.1 Å². The van der Waals surface area contributed by atoms with Crippen LogP contribution >= 0.6 is 0 Å². The Bertz CT molecular complexity index is 478. The predicted molar refractivity (Wildman–Crippen MR) is 71.7 cm³/mol. The first kappa shape index (κ1) is 16.5. The van der Waals surface area contributed by atoms with E-state index in [9.17, 15) is 13.6 Å². The van der Waals surface area contributed by atoms with Gasteiger partial charge in [0.2, 0.25) is 0 Å². The van der Waals surface area contributed by atoms with E-state index in [0.717, 1.165) is 6.07 Å². The van der Waals surface area contributed by atoms with Crippen LogP contribution in [0.25, 0.3) is 0 Å². The molecule has 20 heavy (non-hydrogen) atoms. The van der Waals surface area contributed by atoms with Gasteiger partial charge in [0, 0.05) is 19.2 Å². The lowest BCUT2D eigenvalue weighted by Gasteiger charge is -2.33. The molecule has 0 amide bonds. The molecule has 0 heterocycles. The van der Waals surface area contributed by atoms with Gasteiger partial charge < -0.3 is 4.74 Å². The van der Waals surface area contributed by atoms with Crippen molar-refractivity contribution in [3.05, 3.63) is 35.4 Å². The van der Waals surface area contributed by atoms with E-state index in [4.69, 9.17) is 4.74 Å². The van der Waals surface area contributed by atoms with Crippen molar-refractivity contribution >= 4 is 5.97 Å². The summed E-state index contributed by atoms with van der Waals surface area (Å²) < 4.78 is 31.5. The quantitative estimate of drug-likeness (QED) is 0.643. The maximum atomic E-state index is 13.5. The smallest absolute Gasteiger partial charge is 0.327 e. The molecule has 0 aliphatic heterocycles. The Kier molecular flexibility index (Phi) is 5.59. The number of nitrogens with zero attached hydrogens (tertiary/aromatic N) is 1. The number of carbonyl (C=O) groups excluding carboxylic acids is 1. The molecular formula is C14H20F2N2O2. The van der Waals surface area contributed by atoms with Crippen molar-refractivity contribution in [1.82, 2.24) is 10.4 Å². The standard InChI is InChI=1S/C14H20F2N2O2/c1-5-20-13(19)14(2,3)18(4)17-9-10-7-6-8-11(15)12(10)16/h6-8,17H,5,9H2,1-4H3. The highest BCUT2D eigenvalue weighted by atomic mass is 19.2. The van der Waals surface area contributed by atoms with E-state index in [2.05, 4.69) is 5.43 Å². The van der Waals surface area contributed by atoms with Gasteiger partial charge in [-0.3, -0.25) is 4.79 Å². The van der Waals surface area contributed by atoms with Crippen LogP contribution < -0.4 is 5.43 Å². The zero-order valence-electron chi connectivity index (χ0n) is 12.2. The summed E-state index contributed by atoms with van der Waals surface area (Å²) >= 11 is 0. The fourth-order valence-corrected chi connectivity index (χ4v) is 1.53. The molecule has 0 fully saturated rings. The van der Waals surface area contributed by atoms with Crippen LogP contribution in [0.15, 0.2) is 18.2 Å². The predicted octanol–water partition coefficient (Wildman–Crippen LogP) is 2.24. The molecule has 0 aromatic heterocycles. The van der Waals surface area contributed by atoms with Crippen molar-refractivity contribution < 1.29 is 18.3 Å². The maximum absolute atomic E-state index is 13.5. The summed E-state index contributed by atoms with van der Waals surface area (Å²) in [5, 5.41) is 1.52. The molecule has 1 aromatic carbocycles. The summed E-state index contributed by atoms with van der Waals surface area (Å²) in [5.74, 6) is -2.17. The first-order valence-electron chi connectivity index (χ1n) is 6.38. The molecule has 0 unspecified atom stereocenters. The molecule has 0 atom stereocenters. The van der Waals surface area contributed by atoms with E-state index in [-0.39, 0.29) is 18.7 Å². The molecule has 1 N–H and O–H groups in total. The molecule has 0 aliphatic rings. The lowest BCUT2D eigenvalue weighted by molar-refractivity contribution is -0.157. The zero-order valence-corrected chi connectivity index (χ0v) is 12.2. The van der Waals surface area contributed by atoms with Gasteiger partial charge in [-0.1, -0.05) is 12.1 Å². The first-order valence-corrected chi connectivity index (χ1v) is 6.38. The highest BCUT2D eigenvalue weighted by molar-refractivity contribution is 5.79. The van der Waals surface area contributed by atoms with Crippen molar-refractivity contribution in [2.45, 2.75) is 32.9 Å². The van der Waals surface area contributed by atoms with Crippen molar-refractivity contribution in [2.24, 2.45) is 0 Å². The van der Waals surface area contributed by atoms with Crippen LogP contribution in [0.2, 0.25) is 0 Å². The van der Waals surface area contributed by atoms with Gasteiger partial charge in [-0.15, -0.1) is 0 Å². The third kappa shape index (κ3) is 3.74. The lowest BCUT2D eigenvalue weighted by Crippen LogP contribution is -2.54. The SMILES string of the molecule is CCOC(=O)C(C)(C)N(C)NCc1cccc(F)c1F. The number of carbonyl (C=O) groups is 1. The summed E-state index contributed by atoms with van der Waals surface area (Å²) in [6.07, 6.45) is 0. The third-order valence-electron chi connectivity index (χ3n) is 3.15. The number of hydrazine groups is 1. The van der Waals surface area contributed by atoms with Crippen LogP contribution in [0.4, 0.5) is 8.78 Å². The number of hydrogen-bond donors (Lipinski definition) is 1. The van der Waals surface area contributed by atoms with E-state index >= 15 is 0 Å². The molecule has 0 saturated carbocycles. The van der Waals surface area contributed by atoms with Crippen LogP contribution in [0.3, 0.4) is 0 Å². The first-order chi connectivity index (χ1) is 9.30. The van der Waals surface area contributed by atoms with Gasteiger partial charge in [-0.25, -0.2) is 19.2 Å². The normalized spacial score (nSPS) is 11.8. The molecule has 1 aromatic rings. The van der Waals surface area contributed by atoms with Crippen molar-refractivity contribution in [3.63, 3.8) is 0 Å². The van der Waals surface area contributed by atoms with Gasteiger partial charge in [0.1, 0.15) is 5.54 Å². The fraction of sp³-hybridized carbons (Fsp3) is 0.500. The number of rotatable bonds is 6. The molecule has 0 spiro atoms. The second-order valence-electron chi connectivity index (χ2n) is 4.89. The van der Waals surface area contributed by atoms with Gasteiger partial charge >= 0.3 is 5.97 Å². The third-order valence-corrected chi connectivity index (χ3v) is 3.15. The Balaban J connectivity index is 2.69. The van der Waals surface area contributed by atoms with Crippen LogP contribution in [-0.2, 0) is 16.1 Å². The molecule has 0 radical (unpaired) electrons. The molecule has 112 valence electrons. The van der Waals surface area contributed by atoms with Crippen molar-refractivity contribution in [2.75, 3.05) is 13.7 Å². The molecule has 0 saturated heterocycles. The number of halogens is 2. The van der Waals surface area contributed by atoms with E-state index in [0.29, 0.717) is 0 Å². The topological polar surface area (TPSA) is 41.6 Å². The number of hydrogen-bond acceptors (Lipinski definition) is 4. The Morgan fingerprint density at radius 2 is 2.05 bits per heavy atom. The number of ether oxygens (including phenoxy) is 1. The highest BCUT2D eigenvalue weighted by Gasteiger charge is 2.33. The average Bonchev–Trinajstić information content (AvgIpc) is 2.40. The molecule has 4 nitrogen and oxygen atoms in total. The lowest BCUT2D eigenvalue weighted by atomic mass is 10.1. The maximum Gasteiger partial charge on any atom is 0.327 e. The van der Waals surface area contributed by atoms with Crippen LogP contribution in [0, 0.1) is 11.6 Å². The van der Waals surface area contributed by atoms with E-state index in [1.54, 1.807) is 27.8 Å². The zero-order chi connectivity index (χ0) is 15.3. The van der Waals surface area contributed by atoms with Gasteiger partial charge in [0.15, 0.2) is 11.6 Å². The van der Waals surface area contributed by atoms with Gasteiger partial charge in [-0.2, -0.15) is 0 Å². The van der Waals surface area contributed by atoms with E-state index in [1.807, 2.05) is 0 Å². The summed E-state index contributed by atoms with van der Waals surface area (Å²) in [6.45, 7) is 5.45. The fourth-order valence-electron chi connectivity index (χ4n) is 1.53. The van der Waals surface area contributed by atoms with E-state index < -0.39 is 23.1 Å². The Morgan fingerprint density at radius 3 is 2.65 bits per heavy atom. The molecular weight excluding hydrogens is 266 g/mol. The summed E-state index contributed by atoms with van der Waals surface area (Å²) in [7, 11) is 1.65. The minimum Gasteiger partial charge on any atom is -0.465 e. The van der Waals surface area contributed by atoms with Crippen molar-refractivity contribution in [1.29, 1.82) is 0 Å². The number of nitrogens with one attached hydrogen (secondary N) is 1. The van der Waals surface area contributed by atoms with Crippen LogP contribution in [0.5, 0.6) is 0 Å². The van der Waals surface area contributed by atoms with Crippen molar-refractivity contribution in [3.8, 4) is 0 Å². The second-order valence-corrected chi connectivity index (χ2v) is 4.89. The monoisotopic (exact) mass is 286 g/mol. The largest absolute Gasteiger partial charge is 0.465 e. The summed E-state index contributed by atoms with van der Waals surface area (Å²) in [5.41, 5.74) is 2.15. The molecule has 1 rings (SSSR count). The number of esters is 1. The van der Waals surface area contributed by atoms with Crippen LogP contribution in [-0.4, -0.2) is 30.2 Å². The van der Waals surface area contributed by atoms with Crippen LogP contribution in [0.1, 0.15) is 26.3 Å². The average molecular weight is 286 g/mol. The summed E-state index contributed by atoms with van der Waals surface area (Å²) in [6, 6.07) is 3.98. The van der Waals surface area contributed by atoms with Gasteiger partial charge in [-0.05, 0) is 26.8 Å². The second kappa shape index (κ2) is 6.76. The highest BCUT2D eigenvalue weighted by Crippen LogP contribution is 2.15. The van der Waals surface area contributed by atoms with Gasteiger partial charge in [0.05, 0.1) is 6.61 Å². The molecule has 6 heteroatoms. The Hall–Kier alpha value is -1.53. The minimum atomic E-state index is -0.917. The minimum absolute atomic E-state index is 0.0723. The molecule has 0 aliphatic carbocycles. The summed E-state index contributed by atoms with van der Waals surface area (Å²) in [4.78, 5) is 11.8. The molecule has 0 bridgehead atoms. The number of benzene rings is 1.